The van der Waals surface area contributed by atoms with E-state index in [-0.39, 0.29) is 6.04 Å². The van der Waals surface area contributed by atoms with Gasteiger partial charge in [0.25, 0.3) is 0 Å². The molecular formula is C19H31NO4S2Si. The number of methoxy groups -OCH3 is 1. The van der Waals surface area contributed by atoms with Crippen molar-refractivity contribution in [2.75, 3.05) is 12.9 Å². The van der Waals surface area contributed by atoms with E-state index in [1.165, 1.54) is 5.56 Å². The summed E-state index contributed by atoms with van der Waals surface area (Å²) in [7, 11) is -0.202. The van der Waals surface area contributed by atoms with Gasteiger partial charge < -0.3 is 19.2 Å². The van der Waals surface area contributed by atoms with Gasteiger partial charge in [0.05, 0.1) is 7.11 Å². The molecule has 1 atom stereocenters. The Kier molecular flexibility index (Phi) is 9.10. The van der Waals surface area contributed by atoms with Crippen molar-refractivity contribution in [3.8, 4) is 5.75 Å². The first-order valence-corrected chi connectivity index (χ1v) is 13.8. The average molecular weight is 430 g/mol. The van der Waals surface area contributed by atoms with Crippen molar-refractivity contribution < 1.29 is 18.7 Å². The molecule has 0 aliphatic carbocycles. The number of ether oxygens (including phenoxy) is 2. The Labute approximate surface area is 173 Å². The molecule has 0 heterocycles. The van der Waals surface area contributed by atoms with Crippen LogP contribution in [0.25, 0.3) is 0 Å². The second-order valence-electron chi connectivity index (χ2n) is 8.10. The summed E-state index contributed by atoms with van der Waals surface area (Å²) in [6.07, 6.45) is -0.487. The predicted molar refractivity (Wildman–Crippen MR) is 119 cm³/mol. The van der Waals surface area contributed by atoms with Gasteiger partial charge in [-0.05, 0) is 70.3 Å². The summed E-state index contributed by atoms with van der Waals surface area (Å²) in [6.45, 7) is 11.7. The van der Waals surface area contributed by atoms with Gasteiger partial charge in [0.2, 0.25) is 8.32 Å². The molecule has 1 rings (SSSR count). The Bertz CT molecular complexity index is 624. The molecule has 1 N–H and O–H groups in total. The maximum atomic E-state index is 12.2. The minimum atomic E-state index is -1.85. The number of amides is 1. The predicted octanol–water partition coefficient (Wildman–Crippen LogP) is 5.00. The van der Waals surface area contributed by atoms with Crippen LogP contribution >= 0.6 is 24.0 Å². The fourth-order valence-electron chi connectivity index (χ4n) is 2.01. The molecule has 1 aromatic rings. The van der Waals surface area contributed by atoms with E-state index >= 15 is 0 Å². The number of rotatable bonds is 8. The fourth-order valence-corrected chi connectivity index (χ4v) is 4.77. The van der Waals surface area contributed by atoms with Gasteiger partial charge in [-0.15, -0.1) is 0 Å². The van der Waals surface area contributed by atoms with Crippen LogP contribution in [0.15, 0.2) is 24.3 Å². The maximum Gasteiger partial charge on any atom is 0.408 e. The molecule has 0 fully saturated rings. The van der Waals surface area contributed by atoms with Gasteiger partial charge in [-0.3, -0.25) is 0 Å². The van der Waals surface area contributed by atoms with Crippen molar-refractivity contribution in [2.45, 2.75) is 57.8 Å². The molecule has 5 nitrogen and oxygen atoms in total. The molecule has 0 spiro atoms. The van der Waals surface area contributed by atoms with E-state index in [1.807, 2.05) is 45.0 Å². The summed E-state index contributed by atoms with van der Waals surface area (Å²) >= 11 is 7.14. The monoisotopic (exact) mass is 429 g/mol. The van der Waals surface area contributed by atoms with Crippen molar-refractivity contribution in [1.29, 1.82) is 0 Å². The number of benzene rings is 1. The summed E-state index contributed by atoms with van der Waals surface area (Å²) in [5.74, 6) is 2.23. The zero-order chi connectivity index (χ0) is 20.7. The maximum absolute atomic E-state index is 12.2. The largest absolute Gasteiger partial charge is 0.538 e. The highest BCUT2D eigenvalue weighted by Crippen LogP contribution is 2.19. The summed E-state index contributed by atoms with van der Waals surface area (Å²) in [5.41, 5.74) is 0.611. The standard InChI is InChI=1S/C19H31NO4S2Si/c1-19(2,3)23-18(21)20-16(17(25)24-27(5,6)7)13-26-12-14-8-10-15(22-4)11-9-14/h8-11,16H,12-13H2,1-7H3,(H,20,21). The molecule has 1 amide bonds. The Hall–Kier alpha value is -1.25. The van der Waals surface area contributed by atoms with Gasteiger partial charge in [-0.25, -0.2) is 4.79 Å². The third kappa shape index (κ3) is 10.6. The van der Waals surface area contributed by atoms with Gasteiger partial charge in [0.15, 0.2) is 5.05 Å². The molecule has 8 heteroatoms. The van der Waals surface area contributed by atoms with E-state index in [4.69, 9.17) is 26.1 Å². The van der Waals surface area contributed by atoms with Crippen molar-refractivity contribution in [1.82, 2.24) is 5.32 Å². The SMILES string of the molecule is COc1ccc(CSCC(NC(=O)OC(C)(C)C)C(=S)O[Si](C)(C)C)cc1. The Morgan fingerprint density at radius 2 is 1.81 bits per heavy atom. The smallest absolute Gasteiger partial charge is 0.408 e. The molecule has 1 unspecified atom stereocenters. The van der Waals surface area contributed by atoms with Crippen LogP contribution in [-0.2, 0) is 14.9 Å². The lowest BCUT2D eigenvalue weighted by Gasteiger charge is -2.27. The molecule has 0 bridgehead atoms. The number of carbonyl (C=O) groups is 1. The van der Waals surface area contributed by atoms with Crippen molar-refractivity contribution in [3.63, 3.8) is 0 Å². The molecule has 1 aromatic carbocycles. The second-order valence-corrected chi connectivity index (χ2v) is 14.0. The highest BCUT2D eigenvalue weighted by Gasteiger charge is 2.26. The molecule has 0 saturated heterocycles. The van der Waals surface area contributed by atoms with Gasteiger partial charge in [0.1, 0.15) is 17.4 Å². The summed E-state index contributed by atoms with van der Waals surface area (Å²) in [6, 6.07) is 7.54. The normalized spacial score (nSPS) is 12.9. The van der Waals surface area contributed by atoms with Crippen LogP contribution in [0.1, 0.15) is 26.3 Å². The molecule has 27 heavy (non-hydrogen) atoms. The Balaban J connectivity index is 2.68. The molecule has 0 radical (unpaired) electrons. The minimum Gasteiger partial charge on any atom is -0.538 e. The summed E-state index contributed by atoms with van der Waals surface area (Å²) in [5, 5.41) is 3.27. The lowest BCUT2D eigenvalue weighted by molar-refractivity contribution is 0.0519. The summed E-state index contributed by atoms with van der Waals surface area (Å²) in [4.78, 5) is 12.2. The first-order valence-electron chi connectivity index (χ1n) is 8.82. The fraction of sp³-hybridized carbons (Fsp3) is 0.579. The van der Waals surface area contributed by atoms with E-state index in [1.54, 1.807) is 18.9 Å². The lowest BCUT2D eigenvalue weighted by atomic mass is 10.2. The molecule has 152 valence electrons. The van der Waals surface area contributed by atoms with Crippen molar-refractivity contribution >= 4 is 43.4 Å². The first-order chi connectivity index (χ1) is 12.4. The van der Waals surface area contributed by atoms with Crippen LogP contribution in [0.3, 0.4) is 0 Å². The Morgan fingerprint density at radius 3 is 2.30 bits per heavy atom. The zero-order valence-corrected chi connectivity index (χ0v) is 19.9. The number of thioether (sulfide) groups is 1. The quantitative estimate of drug-likeness (QED) is 0.463. The topological polar surface area (TPSA) is 56.8 Å². The number of thiocarbonyl (C=S) groups is 1. The third-order valence-corrected chi connectivity index (χ3v) is 5.55. The lowest BCUT2D eigenvalue weighted by Crippen LogP contribution is -2.47. The molecule has 0 aliphatic rings. The van der Waals surface area contributed by atoms with E-state index in [2.05, 4.69) is 25.0 Å². The van der Waals surface area contributed by atoms with Crippen LogP contribution in [0.4, 0.5) is 4.79 Å². The minimum absolute atomic E-state index is 0.384. The number of hydrogen-bond donors (Lipinski definition) is 1. The third-order valence-electron chi connectivity index (χ3n) is 3.09. The first kappa shape index (κ1) is 23.8. The van der Waals surface area contributed by atoms with Crippen molar-refractivity contribution in [3.05, 3.63) is 29.8 Å². The van der Waals surface area contributed by atoms with E-state index < -0.39 is 20.0 Å². The molecule has 0 saturated carbocycles. The van der Waals surface area contributed by atoms with E-state index in [0.717, 1.165) is 11.5 Å². The summed E-state index contributed by atoms with van der Waals surface area (Å²) < 4.78 is 16.5. The molecule has 0 aromatic heterocycles. The highest BCUT2D eigenvalue weighted by molar-refractivity contribution is 7.98. The highest BCUT2D eigenvalue weighted by atomic mass is 32.2. The van der Waals surface area contributed by atoms with Crippen LogP contribution in [-0.4, -0.2) is 44.0 Å². The number of nitrogens with one attached hydrogen (secondary N) is 1. The Morgan fingerprint density at radius 1 is 1.22 bits per heavy atom. The van der Waals surface area contributed by atoms with E-state index in [9.17, 15) is 4.79 Å². The van der Waals surface area contributed by atoms with Gasteiger partial charge in [0, 0.05) is 11.5 Å². The van der Waals surface area contributed by atoms with Crippen LogP contribution in [0.5, 0.6) is 5.75 Å². The van der Waals surface area contributed by atoms with Crippen molar-refractivity contribution in [2.24, 2.45) is 0 Å². The van der Waals surface area contributed by atoms with Crippen LogP contribution in [0.2, 0.25) is 19.6 Å². The number of alkyl carbamates (subject to hydrolysis) is 1. The van der Waals surface area contributed by atoms with Crippen LogP contribution in [0, 0.1) is 0 Å². The van der Waals surface area contributed by atoms with Gasteiger partial charge in [-0.1, -0.05) is 12.1 Å². The van der Waals surface area contributed by atoms with Gasteiger partial charge in [-0.2, -0.15) is 11.8 Å². The second kappa shape index (κ2) is 10.3. The van der Waals surface area contributed by atoms with Crippen LogP contribution < -0.4 is 10.1 Å². The molecule has 0 aliphatic heterocycles. The zero-order valence-electron chi connectivity index (χ0n) is 17.3. The number of carbonyl (C=O) groups excluding carboxylic acids is 1. The van der Waals surface area contributed by atoms with E-state index in [0.29, 0.717) is 10.8 Å². The molecular weight excluding hydrogens is 398 g/mol. The average Bonchev–Trinajstić information content (AvgIpc) is 2.51. The van der Waals surface area contributed by atoms with Gasteiger partial charge >= 0.3 is 6.09 Å². The number of hydrogen-bond acceptors (Lipinski definition) is 6.